The number of hydrogen-bond donors (Lipinski definition) is 0. The van der Waals surface area contributed by atoms with Gasteiger partial charge in [0.2, 0.25) is 5.91 Å². The minimum Gasteiger partial charge on any atom is -0.493 e. The number of piperidine rings is 1. The van der Waals surface area contributed by atoms with Crippen LogP contribution in [-0.4, -0.2) is 79.4 Å². The number of likely N-dealkylation sites (tertiary alicyclic amines) is 1. The summed E-state index contributed by atoms with van der Waals surface area (Å²) in [7, 11) is 2.08. The van der Waals surface area contributed by atoms with Crippen LogP contribution >= 0.6 is 27.5 Å². The molecule has 2 aromatic carbocycles. The van der Waals surface area contributed by atoms with Gasteiger partial charge in [-0.2, -0.15) is 0 Å². The quantitative estimate of drug-likeness (QED) is 0.531. The zero-order valence-corrected chi connectivity index (χ0v) is 21.9. The average molecular weight is 549 g/mol. The van der Waals surface area contributed by atoms with Crippen molar-refractivity contribution in [2.24, 2.45) is 5.41 Å². The van der Waals surface area contributed by atoms with E-state index in [1.807, 2.05) is 46.2 Å². The third kappa shape index (κ3) is 6.12. The lowest BCUT2D eigenvalue weighted by Gasteiger charge is -2.43. The lowest BCUT2D eigenvalue weighted by atomic mass is 9.77. The molecular weight excluding hydrogens is 518 g/mol. The number of amides is 2. The smallest absolute Gasteiger partial charge is 0.255 e. The maximum absolute atomic E-state index is 13.4. The Hall–Kier alpha value is -2.09. The molecule has 2 aromatic rings. The second kappa shape index (κ2) is 11.1. The van der Waals surface area contributed by atoms with E-state index in [1.165, 1.54) is 0 Å². The molecule has 6 nitrogen and oxygen atoms in total. The maximum Gasteiger partial charge on any atom is 0.255 e. The number of carbonyl (C=O) groups is 2. The Labute approximate surface area is 214 Å². The molecule has 8 heteroatoms. The highest BCUT2D eigenvalue weighted by atomic mass is 79.9. The molecule has 0 aromatic heterocycles. The molecule has 34 heavy (non-hydrogen) atoms. The van der Waals surface area contributed by atoms with Crippen LogP contribution in [0.2, 0.25) is 5.02 Å². The number of carbonyl (C=O) groups excluding carboxylic acids is 2. The fourth-order valence-corrected chi connectivity index (χ4v) is 5.34. The molecule has 2 heterocycles. The third-order valence-corrected chi connectivity index (χ3v) is 7.74. The molecule has 1 atom stereocenters. The Balaban J connectivity index is 1.53. The molecule has 0 radical (unpaired) electrons. The van der Waals surface area contributed by atoms with E-state index in [1.54, 1.807) is 12.1 Å². The molecule has 182 valence electrons. The van der Waals surface area contributed by atoms with Crippen LogP contribution in [0, 0.1) is 5.41 Å². The Morgan fingerprint density at radius 1 is 1.00 bits per heavy atom. The summed E-state index contributed by atoms with van der Waals surface area (Å²) in [5.74, 6) is 0.836. The van der Waals surface area contributed by atoms with Crippen molar-refractivity contribution >= 4 is 39.3 Å². The summed E-state index contributed by atoms with van der Waals surface area (Å²) in [6.45, 7) is 4.77. The zero-order chi connectivity index (χ0) is 24.1. The molecule has 0 N–H and O–H groups in total. The van der Waals surface area contributed by atoms with Crippen LogP contribution in [0.5, 0.6) is 5.75 Å². The second-order valence-corrected chi connectivity index (χ2v) is 10.7. The normalized spacial score (nSPS) is 21.4. The largest absolute Gasteiger partial charge is 0.493 e. The molecule has 2 saturated heterocycles. The molecular formula is C26H31BrClN3O3. The highest BCUT2D eigenvalue weighted by molar-refractivity contribution is 9.10. The number of likely N-dealkylation sites (N-methyl/N-ethyl adjacent to an activating group) is 1. The molecule has 2 aliphatic rings. The van der Waals surface area contributed by atoms with Crippen LogP contribution < -0.4 is 4.74 Å². The number of halogens is 2. The summed E-state index contributed by atoms with van der Waals surface area (Å²) in [6.07, 6.45) is 2.03. The van der Waals surface area contributed by atoms with Gasteiger partial charge in [0.25, 0.3) is 5.91 Å². The van der Waals surface area contributed by atoms with Crippen molar-refractivity contribution in [2.75, 3.05) is 52.9 Å². The number of rotatable bonds is 6. The van der Waals surface area contributed by atoms with Crippen molar-refractivity contribution in [1.29, 1.82) is 0 Å². The summed E-state index contributed by atoms with van der Waals surface area (Å²) in [5.41, 5.74) is 0.192. The van der Waals surface area contributed by atoms with Crippen LogP contribution in [0.4, 0.5) is 0 Å². The Morgan fingerprint density at radius 2 is 1.71 bits per heavy atom. The van der Waals surface area contributed by atoms with E-state index in [2.05, 4.69) is 27.9 Å². The van der Waals surface area contributed by atoms with E-state index >= 15 is 0 Å². The summed E-state index contributed by atoms with van der Waals surface area (Å²) in [6, 6.07) is 14.8. The first-order valence-electron chi connectivity index (χ1n) is 11.7. The third-order valence-electron chi connectivity index (χ3n) is 6.79. The maximum atomic E-state index is 13.4. The second-order valence-electron chi connectivity index (χ2n) is 9.41. The monoisotopic (exact) mass is 547 g/mol. The van der Waals surface area contributed by atoms with Crippen molar-refractivity contribution in [2.45, 2.75) is 19.3 Å². The van der Waals surface area contributed by atoms with Crippen molar-refractivity contribution in [3.8, 4) is 5.75 Å². The molecule has 2 amide bonds. The minimum absolute atomic E-state index is 0.0184. The minimum atomic E-state index is -0.449. The summed E-state index contributed by atoms with van der Waals surface area (Å²) in [5, 5.41) is 0.648. The lowest BCUT2D eigenvalue weighted by Crippen LogP contribution is -2.53. The van der Waals surface area contributed by atoms with Gasteiger partial charge in [0.1, 0.15) is 5.75 Å². The van der Waals surface area contributed by atoms with Gasteiger partial charge in [-0.15, -0.1) is 0 Å². The average Bonchev–Trinajstić information content (AvgIpc) is 2.84. The SMILES string of the molecule is CN1CCN(C(=O)C[C@]2(COc3ccc(Cl)cc3)CCCN(C(=O)c3ccccc3Br)C2)CC1. The molecule has 2 aliphatic heterocycles. The first kappa shape index (κ1) is 25.0. The van der Waals surface area contributed by atoms with Gasteiger partial charge < -0.3 is 19.4 Å². The van der Waals surface area contributed by atoms with Crippen LogP contribution in [0.3, 0.4) is 0 Å². The van der Waals surface area contributed by atoms with Crippen molar-refractivity contribution < 1.29 is 14.3 Å². The highest BCUT2D eigenvalue weighted by Gasteiger charge is 2.41. The van der Waals surface area contributed by atoms with Crippen molar-refractivity contribution in [3.63, 3.8) is 0 Å². The van der Waals surface area contributed by atoms with Crippen molar-refractivity contribution in [1.82, 2.24) is 14.7 Å². The lowest BCUT2D eigenvalue weighted by molar-refractivity contribution is -0.137. The van der Waals surface area contributed by atoms with Gasteiger partial charge in [0.05, 0.1) is 12.2 Å². The first-order chi connectivity index (χ1) is 16.3. The number of piperazine rings is 1. The predicted octanol–water partition coefficient (Wildman–Crippen LogP) is 4.57. The van der Waals surface area contributed by atoms with Crippen LogP contribution in [0.15, 0.2) is 53.0 Å². The Morgan fingerprint density at radius 3 is 2.41 bits per heavy atom. The first-order valence-corrected chi connectivity index (χ1v) is 12.9. The number of nitrogens with zero attached hydrogens (tertiary/aromatic N) is 3. The molecule has 4 rings (SSSR count). The fourth-order valence-electron chi connectivity index (χ4n) is 4.76. The summed E-state index contributed by atoms with van der Waals surface area (Å²) in [4.78, 5) is 32.8. The van der Waals surface area contributed by atoms with E-state index in [9.17, 15) is 9.59 Å². The number of benzene rings is 2. The van der Waals surface area contributed by atoms with E-state index in [-0.39, 0.29) is 11.8 Å². The predicted molar refractivity (Wildman–Crippen MR) is 137 cm³/mol. The van der Waals surface area contributed by atoms with E-state index in [0.717, 1.165) is 43.5 Å². The summed E-state index contributed by atoms with van der Waals surface area (Å²) >= 11 is 9.53. The van der Waals surface area contributed by atoms with Crippen LogP contribution in [0.25, 0.3) is 0 Å². The van der Waals surface area contributed by atoms with Gasteiger partial charge in [0, 0.05) is 60.6 Å². The van der Waals surface area contributed by atoms with E-state index < -0.39 is 5.41 Å². The highest BCUT2D eigenvalue weighted by Crippen LogP contribution is 2.36. The standard InChI is InChI=1S/C26H31BrClN3O3/c1-29-13-15-30(16-14-29)24(32)17-26(19-34-21-9-7-20(28)8-10-21)11-4-12-31(18-26)25(33)22-5-2-3-6-23(22)27/h2-3,5-10H,4,11-19H2,1H3/t26-/m1/s1. The molecule has 0 aliphatic carbocycles. The zero-order valence-electron chi connectivity index (χ0n) is 19.5. The molecule has 0 unspecified atom stereocenters. The van der Waals surface area contributed by atoms with Crippen LogP contribution in [0.1, 0.15) is 29.6 Å². The Bertz CT molecular complexity index is 1010. The molecule has 0 saturated carbocycles. The Kier molecular flexibility index (Phi) is 8.17. The molecule has 0 spiro atoms. The molecule has 2 fully saturated rings. The number of hydrogen-bond acceptors (Lipinski definition) is 4. The van der Waals surface area contributed by atoms with Gasteiger partial charge >= 0.3 is 0 Å². The topological polar surface area (TPSA) is 53.1 Å². The van der Waals surface area contributed by atoms with Gasteiger partial charge in [-0.3, -0.25) is 9.59 Å². The van der Waals surface area contributed by atoms with Gasteiger partial charge in [-0.05, 0) is 72.2 Å². The van der Waals surface area contributed by atoms with Gasteiger partial charge in [-0.25, -0.2) is 0 Å². The van der Waals surface area contributed by atoms with Gasteiger partial charge in [-0.1, -0.05) is 23.7 Å². The number of ether oxygens (including phenoxy) is 1. The van der Waals surface area contributed by atoms with E-state index in [4.69, 9.17) is 16.3 Å². The molecule has 0 bridgehead atoms. The fraction of sp³-hybridized carbons (Fsp3) is 0.462. The van der Waals surface area contributed by atoms with Crippen LogP contribution in [-0.2, 0) is 4.79 Å². The van der Waals surface area contributed by atoms with E-state index in [0.29, 0.717) is 42.5 Å². The summed E-state index contributed by atoms with van der Waals surface area (Å²) < 4.78 is 6.96. The van der Waals surface area contributed by atoms with Crippen molar-refractivity contribution in [3.05, 3.63) is 63.6 Å². The van der Waals surface area contributed by atoms with Gasteiger partial charge in [0.15, 0.2) is 0 Å².